The van der Waals surface area contributed by atoms with Gasteiger partial charge in [-0.25, -0.2) is 4.52 Å². The molecule has 0 radical (unpaired) electrons. The maximum Gasteiger partial charge on any atom is 0.146 e. The molecule has 0 spiro atoms. The summed E-state index contributed by atoms with van der Waals surface area (Å²) in [5.74, 6) is 0.647. The van der Waals surface area contributed by atoms with Crippen molar-refractivity contribution in [3.8, 4) is 22.9 Å². The lowest BCUT2D eigenvalue weighted by atomic mass is 9.98. The number of piperidine rings is 2. The zero-order chi connectivity index (χ0) is 21.4. The van der Waals surface area contributed by atoms with E-state index in [1.165, 1.54) is 12.8 Å². The Morgan fingerprint density at radius 1 is 1.10 bits per heavy atom. The van der Waals surface area contributed by atoms with Gasteiger partial charge in [-0.15, -0.1) is 0 Å². The van der Waals surface area contributed by atoms with Crippen molar-refractivity contribution in [3.05, 3.63) is 35.9 Å². The fraction of sp³-hybridized carbons (Fsp3) is 0.522. The number of rotatable bonds is 4. The molecule has 2 aliphatic rings. The van der Waals surface area contributed by atoms with Crippen molar-refractivity contribution >= 4 is 5.52 Å². The second kappa shape index (κ2) is 8.33. The highest BCUT2D eigenvalue weighted by molar-refractivity contribution is 5.75. The van der Waals surface area contributed by atoms with Crippen LogP contribution in [0, 0.1) is 18.3 Å². The molecule has 5 heterocycles. The van der Waals surface area contributed by atoms with Crippen LogP contribution in [0.3, 0.4) is 0 Å². The van der Waals surface area contributed by atoms with Gasteiger partial charge < -0.3 is 15.0 Å². The number of hydrogen-bond donors (Lipinski definition) is 1. The zero-order valence-electron chi connectivity index (χ0n) is 18.2. The number of nitriles is 1. The zero-order valence-corrected chi connectivity index (χ0v) is 18.2. The highest BCUT2D eigenvalue weighted by atomic mass is 16.5. The van der Waals surface area contributed by atoms with E-state index in [0.717, 1.165) is 61.9 Å². The molecule has 162 valence electrons. The Morgan fingerprint density at radius 2 is 1.87 bits per heavy atom. The molecule has 0 aromatic carbocycles. The molecule has 8 nitrogen and oxygen atoms in total. The van der Waals surface area contributed by atoms with Crippen molar-refractivity contribution in [2.75, 3.05) is 33.3 Å². The Bertz CT molecular complexity index is 1110. The second-order valence-corrected chi connectivity index (χ2v) is 8.60. The molecule has 0 amide bonds. The molecule has 3 aromatic heterocycles. The van der Waals surface area contributed by atoms with Gasteiger partial charge in [-0.05, 0) is 51.8 Å². The van der Waals surface area contributed by atoms with Gasteiger partial charge in [-0.2, -0.15) is 15.5 Å². The van der Waals surface area contributed by atoms with E-state index in [2.05, 4.69) is 33.0 Å². The third-order valence-corrected chi connectivity index (χ3v) is 6.94. The van der Waals surface area contributed by atoms with Crippen LogP contribution in [0.25, 0.3) is 16.6 Å². The third kappa shape index (κ3) is 3.58. The number of aromatic nitrogens is 4. The summed E-state index contributed by atoms with van der Waals surface area (Å²) in [7, 11) is 1.62. The minimum Gasteiger partial charge on any atom is -0.494 e. The number of nitrogens with one attached hydrogen (secondary N) is 1. The fourth-order valence-electron chi connectivity index (χ4n) is 5.21. The average Bonchev–Trinajstić information content (AvgIpc) is 3.42. The Kier molecular flexibility index (Phi) is 5.38. The van der Waals surface area contributed by atoms with E-state index in [0.29, 0.717) is 22.9 Å². The summed E-state index contributed by atoms with van der Waals surface area (Å²) < 4.78 is 9.50. The largest absolute Gasteiger partial charge is 0.494 e. The molecule has 31 heavy (non-hydrogen) atoms. The van der Waals surface area contributed by atoms with E-state index in [1.807, 2.05) is 18.5 Å². The number of fused-ring (bicyclic) bond motifs is 1. The maximum absolute atomic E-state index is 9.35. The molecule has 2 saturated heterocycles. The summed E-state index contributed by atoms with van der Waals surface area (Å²) in [6.45, 7) is 6.72. The minimum absolute atomic E-state index is 0.437. The van der Waals surface area contributed by atoms with Gasteiger partial charge in [0.2, 0.25) is 0 Å². The predicted octanol–water partition coefficient (Wildman–Crippen LogP) is 2.78. The van der Waals surface area contributed by atoms with Crippen LogP contribution in [0.2, 0.25) is 0 Å². The molecule has 3 aromatic rings. The first-order valence-electron chi connectivity index (χ1n) is 11.1. The van der Waals surface area contributed by atoms with Crippen molar-refractivity contribution in [1.82, 2.24) is 29.6 Å². The lowest BCUT2D eigenvalue weighted by molar-refractivity contribution is 0.109. The van der Waals surface area contributed by atoms with Gasteiger partial charge in [0, 0.05) is 42.1 Å². The van der Waals surface area contributed by atoms with Gasteiger partial charge >= 0.3 is 0 Å². The SMILES string of the molecule is COc1cc(-c2cnn(C3CCN(C4CCNCC4)CC3)c2C)cn2ncc(C#N)c12. The molecule has 0 aliphatic carbocycles. The summed E-state index contributed by atoms with van der Waals surface area (Å²) in [4.78, 5) is 2.68. The van der Waals surface area contributed by atoms with E-state index in [1.54, 1.807) is 17.8 Å². The molecular weight excluding hydrogens is 390 g/mol. The van der Waals surface area contributed by atoms with Gasteiger partial charge in [-0.1, -0.05) is 0 Å². The number of ether oxygens (including phenoxy) is 1. The predicted molar refractivity (Wildman–Crippen MR) is 118 cm³/mol. The van der Waals surface area contributed by atoms with Crippen LogP contribution < -0.4 is 10.1 Å². The minimum atomic E-state index is 0.437. The first-order chi connectivity index (χ1) is 15.2. The Balaban J connectivity index is 1.38. The van der Waals surface area contributed by atoms with E-state index >= 15 is 0 Å². The topological polar surface area (TPSA) is 83.4 Å². The molecule has 8 heteroatoms. The first kappa shape index (κ1) is 20.0. The molecular formula is C23H29N7O. The summed E-state index contributed by atoms with van der Waals surface area (Å²) in [5.41, 5.74) is 4.44. The summed E-state index contributed by atoms with van der Waals surface area (Å²) in [6, 6.07) is 5.34. The Morgan fingerprint density at radius 3 is 2.58 bits per heavy atom. The molecule has 2 aliphatic heterocycles. The van der Waals surface area contributed by atoms with Crippen LogP contribution in [0.4, 0.5) is 0 Å². The summed E-state index contributed by atoms with van der Waals surface area (Å²) in [5, 5.41) is 21.9. The van der Waals surface area contributed by atoms with Crippen LogP contribution in [-0.2, 0) is 0 Å². The highest BCUT2D eigenvalue weighted by Gasteiger charge is 2.28. The number of pyridine rings is 1. The first-order valence-corrected chi connectivity index (χ1v) is 11.1. The summed E-state index contributed by atoms with van der Waals surface area (Å²) in [6.07, 6.45) is 10.3. The number of nitrogens with zero attached hydrogens (tertiary/aromatic N) is 6. The van der Waals surface area contributed by atoms with E-state index in [-0.39, 0.29) is 0 Å². The van der Waals surface area contributed by atoms with Gasteiger partial charge in [0.1, 0.15) is 22.9 Å². The lowest BCUT2D eigenvalue weighted by Crippen LogP contribution is -2.46. The molecule has 0 atom stereocenters. The smallest absolute Gasteiger partial charge is 0.146 e. The maximum atomic E-state index is 9.35. The lowest BCUT2D eigenvalue weighted by Gasteiger charge is -2.39. The van der Waals surface area contributed by atoms with Gasteiger partial charge in [0.05, 0.1) is 25.5 Å². The monoisotopic (exact) mass is 419 g/mol. The number of likely N-dealkylation sites (tertiary alicyclic amines) is 1. The third-order valence-electron chi connectivity index (χ3n) is 6.94. The van der Waals surface area contributed by atoms with Crippen molar-refractivity contribution in [2.24, 2.45) is 0 Å². The van der Waals surface area contributed by atoms with E-state index < -0.39 is 0 Å². The quantitative estimate of drug-likeness (QED) is 0.700. The van der Waals surface area contributed by atoms with Crippen LogP contribution in [-0.4, -0.2) is 63.6 Å². The molecule has 0 unspecified atom stereocenters. The average molecular weight is 420 g/mol. The van der Waals surface area contributed by atoms with Crippen molar-refractivity contribution in [2.45, 2.75) is 44.7 Å². The highest BCUT2D eigenvalue weighted by Crippen LogP contribution is 2.33. The Hall–Kier alpha value is -2.89. The van der Waals surface area contributed by atoms with Crippen LogP contribution in [0.5, 0.6) is 5.75 Å². The van der Waals surface area contributed by atoms with E-state index in [4.69, 9.17) is 9.84 Å². The van der Waals surface area contributed by atoms with Crippen molar-refractivity contribution in [3.63, 3.8) is 0 Å². The molecule has 0 saturated carbocycles. The van der Waals surface area contributed by atoms with Crippen LogP contribution in [0.1, 0.15) is 43.0 Å². The van der Waals surface area contributed by atoms with Crippen molar-refractivity contribution in [1.29, 1.82) is 5.26 Å². The van der Waals surface area contributed by atoms with Crippen molar-refractivity contribution < 1.29 is 4.74 Å². The molecule has 0 bridgehead atoms. The van der Waals surface area contributed by atoms with Gasteiger partial charge in [0.15, 0.2) is 0 Å². The number of hydrogen-bond acceptors (Lipinski definition) is 6. The van der Waals surface area contributed by atoms with Gasteiger partial charge in [0.25, 0.3) is 0 Å². The van der Waals surface area contributed by atoms with Crippen LogP contribution >= 0.6 is 0 Å². The second-order valence-electron chi connectivity index (χ2n) is 8.60. The summed E-state index contributed by atoms with van der Waals surface area (Å²) >= 11 is 0. The van der Waals surface area contributed by atoms with E-state index in [9.17, 15) is 5.26 Å². The molecule has 2 fully saturated rings. The Labute approximate surface area is 182 Å². The fourth-order valence-corrected chi connectivity index (χ4v) is 5.21. The van der Waals surface area contributed by atoms with Crippen LogP contribution in [0.15, 0.2) is 24.7 Å². The van der Waals surface area contributed by atoms with Gasteiger partial charge in [-0.3, -0.25) is 4.68 Å². The molecule has 1 N–H and O–H groups in total. The number of methoxy groups -OCH3 is 1. The standard InChI is InChI=1S/C23H29N7O/c1-16-21(17-11-22(31-2)23-18(12-24)13-26-29(23)15-17)14-27-30(16)20-5-9-28(10-6-20)19-3-7-25-8-4-19/h11,13-15,19-20,25H,3-10H2,1-2H3. The normalized spacial score (nSPS) is 19.0. The molecule has 5 rings (SSSR count).